The van der Waals surface area contributed by atoms with Crippen LogP contribution in [-0.4, -0.2) is 26.5 Å². The topological polar surface area (TPSA) is 60.2 Å². The van der Waals surface area contributed by atoms with Gasteiger partial charge in [-0.1, -0.05) is 24.3 Å². The van der Waals surface area contributed by atoms with Crippen LogP contribution in [0.25, 0.3) is 6.08 Å². The molecule has 0 amide bonds. The Morgan fingerprint density at radius 1 is 1.16 bits per heavy atom. The fourth-order valence-corrected chi connectivity index (χ4v) is 2.29. The van der Waals surface area contributed by atoms with Crippen LogP contribution in [0.2, 0.25) is 0 Å². The first-order chi connectivity index (χ1) is 8.74. The second-order valence-corrected chi connectivity index (χ2v) is 6.15. The molecule has 3 nitrogen and oxygen atoms in total. The molecule has 0 saturated heterocycles. The third kappa shape index (κ3) is 5.44. The lowest BCUT2D eigenvalue weighted by atomic mass is 10.1. The van der Waals surface area contributed by atoms with Gasteiger partial charge in [0.2, 0.25) is 0 Å². The van der Waals surface area contributed by atoms with Gasteiger partial charge in [-0.2, -0.15) is 13.2 Å². The molecule has 0 saturated carbocycles. The average Bonchev–Trinajstić information content (AvgIpc) is 2.28. The van der Waals surface area contributed by atoms with E-state index in [9.17, 15) is 21.6 Å². The summed E-state index contributed by atoms with van der Waals surface area (Å²) in [6.07, 6.45) is -1.51. The van der Waals surface area contributed by atoms with E-state index in [1.54, 1.807) is 0 Å². The summed E-state index contributed by atoms with van der Waals surface area (Å²) in [4.78, 5) is 0. The number of benzene rings is 1. The fourth-order valence-electron chi connectivity index (χ4n) is 1.38. The molecular formula is C12H14F3NO2S. The molecule has 1 rings (SSSR count). The predicted molar refractivity (Wildman–Crippen MR) is 68.2 cm³/mol. The highest BCUT2D eigenvalue weighted by atomic mass is 32.2. The summed E-state index contributed by atoms with van der Waals surface area (Å²) in [6, 6.07) is 4.48. The zero-order chi connectivity index (χ0) is 14.5. The molecule has 1 aromatic rings. The minimum absolute atomic E-state index is 0.0520. The van der Waals surface area contributed by atoms with Crippen molar-refractivity contribution in [1.29, 1.82) is 0 Å². The van der Waals surface area contributed by atoms with Gasteiger partial charge in [-0.05, 0) is 17.7 Å². The summed E-state index contributed by atoms with van der Waals surface area (Å²) in [5.41, 5.74) is 4.92. The van der Waals surface area contributed by atoms with Gasteiger partial charge in [0.05, 0.1) is 17.1 Å². The Hall–Kier alpha value is -1.34. The molecule has 106 valence electrons. The summed E-state index contributed by atoms with van der Waals surface area (Å²) in [6.45, 7) is 0.0520. The van der Waals surface area contributed by atoms with E-state index in [0.717, 1.165) is 12.1 Å². The van der Waals surface area contributed by atoms with Crippen LogP contribution in [0.4, 0.5) is 13.2 Å². The van der Waals surface area contributed by atoms with Gasteiger partial charge in [0.25, 0.3) is 0 Å². The van der Waals surface area contributed by atoms with Crippen molar-refractivity contribution in [3.05, 3.63) is 41.5 Å². The maximum absolute atomic E-state index is 12.3. The van der Waals surface area contributed by atoms with Crippen molar-refractivity contribution in [2.45, 2.75) is 6.18 Å². The van der Waals surface area contributed by atoms with Crippen LogP contribution in [0.15, 0.2) is 30.3 Å². The number of rotatable bonds is 5. The van der Waals surface area contributed by atoms with Gasteiger partial charge in [-0.3, -0.25) is 0 Å². The number of alkyl halides is 3. The molecule has 0 bridgehead atoms. The van der Waals surface area contributed by atoms with Gasteiger partial charge in [0, 0.05) is 6.54 Å². The quantitative estimate of drug-likeness (QED) is 0.904. The van der Waals surface area contributed by atoms with Crippen LogP contribution in [0, 0.1) is 0 Å². The Bertz CT molecular complexity index is 533. The third-order valence-electron chi connectivity index (χ3n) is 2.33. The molecule has 0 radical (unpaired) electrons. The SMILES string of the molecule is NCCS(=O)(=O)C/C=C/c1ccc(C(F)(F)F)cc1. The number of sulfone groups is 1. The molecule has 0 unspecified atom stereocenters. The van der Waals surface area contributed by atoms with Crippen LogP contribution < -0.4 is 5.73 Å². The lowest BCUT2D eigenvalue weighted by Crippen LogP contribution is -2.17. The molecule has 0 fully saturated rings. The Labute approximate surface area is 109 Å². The van der Waals surface area contributed by atoms with Crippen molar-refractivity contribution in [3.63, 3.8) is 0 Å². The summed E-state index contributed by atoms with van der Waals surface area (Å²) in [7, 11) is -3.23. The molecule has 7 heteroatoms. The Kier molecular flexibility index (Phi) is 5.13. The second kappa shape index (κ2) is 6.21. The summed E-state index contributed by atoms with van der Waals surface area (Å²) < 4.78 is 59.6. The van der Waals surface area contributed by atoms with E-state index in [1.807, 2.05) is 0 Å². The molecule has 0 aliphatic heterocycles. The molecule has 0 heterocycles. The highest BCUT2D eigenvalue weighted by molar-refractivity contribution is 7.91. The van der Waals surface area contributed by atoms with Crippen molar-refractivity contribution in [2.75, 3.05) is 18.1 Å². The largest absolute Gasteiger partial charge is 0.416 e. The number of nitrogens with two attached hydrogens (primary N) is 1. The van der Waals surface area contributed by atoms with Gasteiger partial charge in [-0.25, -0.2) is 8.42 Å². The van der Waals surface area contributed by atoms with Gasteiger partial charge < -0.3 is 5.73 Å². The predicted octanol–water partition coefficient (Wildman–Crippen LogP) is 2.09. The van der Waals surface area contributed by atoms with Gasteiger partial charge in [0.1, 0.15) is 0 Å². The maximum atomic E-state index is 12.3. The lowest BCUT2D eigenvalue weighted by molar-refractivity contribution is -0.137. The van der Waals surface area contributed by atoms with E-state index in [-0.39, 0.29) is 18.1 Å². The molecule has 0 spiro atoms. The van der Waals surface area contributed by atoms with Gasteiger partial charge in [-0.15, -0.1) is 0 Å². The minimum Gasteiger partial charge on any atom is -0.329 e. The Morgan fingerprint density at radius 2 is 1.74 bits per heavy atom. The molecule has 0 aliphatic rings. The first kappa shape index (κ1) is 15.7. The second-order valence-electron chi connectivity index (χ2n) is 3.93. The molecule has 0 aromatic heterocycles. The van der Waals surface area contributed by atoms with E-state index >= 15 is 0 Å². The summed E-state index contributed by atoms with van der Waals surface area (Å²) in [5, 5.41) is 0. The first-order valence-corrected chi connectivity index (χ1v) is 7.31. The zero-order valence-electron chi connectivity index (χ0n) is 10.0. The average molecular weight is 293 g/mol. The normalized spacial score (nSPS) is 13.1. The van der Waals surface area contributed by atoms with Gasteiger partial charge in [0.15, 0.2) is 9.84 Å². The number of hydrogen-bond donors (Lipinski definition) is 1. The van der Waals surface area contributed by atoms with E-state index in [1.165, 1.54) is 24.3 Å². The number of hydrogen-bond acceptors (Lipinski definition) is 3. The first-order valence-electron chi connectivity index (χ1n) is 5.49. The molecular weight excluding hydrogens is 279 g/mol. The molecule has 2 N–H and O–H groups in total. The van der Waals surface area contributed by atoms with Crippen LogP contribution >= 0.6 is 0 Å². The Balaban J connectivity index is 2.69. The van der Waals surface area contributed by atoms with Crippen molar-refractivity contribution in [3.8, 4) is 0 Å². The summed E-state index contributed by atoms with van der Waals surface area (Å²) in [5.74, 6) is -0.282. The van der Waals surface area contributed by atoms with Crippen molar-refractivity contribution in [1.82, 2.24) is 0 Å². The van der Waals surface area contributed by atoms with E-state index < -0.39 is 21.6 Å². The monoisotopic (exact) mass is 293 g/mol. The van der Waals surface area contributed by atoms with E-state index in [2.05, 4.69) is 0 Å². The lowest BCUT2D eigenvalue weighted by Gasteiger charge is -2.05. The standard InChI is InChI=1S/C12H14F3NO2S/c13-12(14,15)11-5-3-10(4-6-11)2-1-8-19(17,18)9-7-16/h1-6H,7-9,16H2/b2-1+. The van der Waals surface area contributed by atoms with E-state index in [4.69, 9.17) is 5.73 Å². The van der Waals surface area contributed by atoms with Crippen molar-refractivity contribution in [2.24, 2.45) is 5.73 Å². The van der Waals surface area contributed by atoms with Crippen LogP contribution in [0.1, 0.15) is 11.1 Å². The molecule has 19 heavy (non-hydrogen) atoms. The fraction of sp³-hybridized carbons (Fsp3) is 0.333. The molecule has 0 atom stereocenters. The van der Waals surface area contributed by atoms with E-state index in [0.29, 0.717) is 5.56 Å². The molecule has 0 aliphatic carbocycles. The summed E-state index contributed by atoms with van der Waals surface area (Å²) >= 11 is 0. The van der Waals surface area contributed by atoms with Crippen molar-refractivity contribution >= 4 is 15.9 Å². The van der Waals surface area contributed by atoms with Crippen LogP contribution in [0.5, 0.6) is 0 Å². The minimum atomic E-state index is -4.37. The Morgan fingerprint density at radius 3 is 2.21 bits per heavy atom. The highest BCUT2D eigenvalue weighted by Gasteiger charge is 2.29. The molecule has 1 aromatic carbocycles. The van der Waals surface area contributed by atoms with Crippen LogP contribution in [0.3, 0.4) is 0 Å². The highest BCUT2D eigenvalue weighted by Crippen LogP contribution is 2.29. The smallest absolute Gasteiger partial charge is 0.329 e. The maximum Gasteiger partial charge on any atom is 0.416 e. The third-order valence-corrected chi connectivity index (χ3v) is 3.89. The van der Waals surface area contributed by atoms with Crippen LogP contribution in [-0.2, 0) is 16.0 Å². The van der Waals surface area contributed by atoms with Crippen molar-refractivity contribution < 1.29 is 21.6 Å². The van der Waals surface area contributed by atoms with Gasteiger partial charge >= 0.3 is 6.18 Å². The zero-order valence-corrected chi connectivity index (χ0v) is 10.8. The number of halogens is 3.